The summed E-state index contributed by atoms with van der Waals surface area (Å²) < 4.78 is 14.5. The molecule has 0 unspecified atom stereocenters. The molecular formula is C15H13ClFN5O. The number of hydrogen-bond donors (Lipinski definition) is 2. The van der Waals surface area contributed by atoms with Gasteiger partial charge in [0, 0.05) is 36.7 Å². The van der Waals surface area contributed by atoms with E-state index in [1.54, 1.807) is 19.3 Å². The lowest BCUT2D eigenvalue weighted by atomic mass is 10.00. The molecule has 0 aliphatic carbocycles. The van der Waals surface area contributed by atoms with Crippen LogP contribution in [0.5, 0.6) is 0 Å². The van der Waals surface area contributed by atoms with Gasteiger partial charge < -0.3 is 10.3 Å². The third-order valence-corrected chi connectivity index (χ3v) is 4.35. The van der Waals surface area contributed by atoms with Crippen molar-refractivity contribution in [1.82, 2.24) is 25.3 Å². The van der Waals surface area contributed by atoms with Crippen molar-refractivity contribution in [3.05, 3.63) is 34.4 Å². The molecule has 1 aromatic carbocycles. The monoisotopic (exact) mass is 333 g/mol. The Balaban J connectivity index is 2.08. The molecular weight excluding hydrogens is 321 g/mol. The number of benzene rings is 1. The summed E-state index contributed by atoms with van der Waals surface area (Å²) in [5.74, 6) is -0.590. The van der Waals surface area contributed by atoms with E-state index in [4.69, 9.17) is 11.6 Å². The van der Waals surface area contributed by atoms with Crippen LogP contribution in [0.1, 0.15) is 11.3 Å². The zero-order valence-corrected chi connectivity index (χ0v) is 13.0. The van der Waals surface area contributed by atoms with Crippen LogP contribution in [0.3, 0.4) is 0 Å². The van der Waals surface area contributed by atoms with Gasteiger partial charge in [-0.15, -0.1) is 0 Å². The Morgan fingerprint density at radius 1 is 1.43 bits per heavy atom. The van der Waals surface area contributed by atoms with Crippen LogP contribution in [0.4, 0.5) is 4.39 Å². The third-order valence-electron chi connectivity index (χ3n) is 4.07. The first-order chi connectivity index (χ1) is 11.0. The summed E-state index contributed by atoms with van der Waals surface area (Å²) in [6.45, 7) is 0.522. The van der Waals surface area contributed by atoms with Crippen LogP contribution in [0.15, 0.2) is 12.3 Å². The fourth-order valence-corrected chi connectivity index (χ4v) is 3.27. The van der Waals surface area contributed by atoms with E-state index in [1.807, 2.05) is 0 Å². The van der Waals surface area contributed by atoms with E-state index in [-0.39, 0.29) is 17.4 Å². The second-order valence-corrected chi connectivity index (χ2v) is 5.96. The number of carbonyl (C=O) groups excluding carboxylic acids is 1. The highest BCUT2D eigenvalue weighted by Crippen LogP contribution is 2.37. The number of amides is 1. The second-order valence-electron chi connectivity index (χ2n) is 5.55. The van der Waals surface area contributed by atoms with Gasteiger partial charge in [-0.05, 0) is 11.6 Å². The second kappa shape index (κ2) is 5.06. The number of fused-ring (bicyclic) bond motifs is 3. The molecule has 0 fully saturated rings. The van der Waals surface area contributed by atoms with E-state index in [0.29, 0.717) is 35.1 Å². The molecule has 2 N–H and O–H groups in total. The largest absolute Gasteiger partial charge is 0.356 e. The van der Waals surface area contributed by atoms with Crippen molar-refractivity contribution in [3.8, 4) is 11.3 Å². The maximum atomic E-state index is 14.5. The van der Waals surface area contributed by atoms with Gasteiger partial charge >= 0.3 is 0 Å². The Labute approximate surface area is 135 Å². The molecule has 0 atom stereocenters. The van der Waals surface area contributed by atoms with Gasteiger partial charge in [0.1, 0.15) is 5.69 Å². The van der Waals surface area contributed by atoms with E-state index >= 15 is 0 Å². The molecule has 0 saturated carbocycles. The highest BCUT2D eigenvalue weighted by Gasteiger charge is 2.24. The van der Waals surface area contributed by atoms with Gasteiger partial charge in [-0.1, -0.05) is 11.6 Å². The van der Waals surface area contributed by atoms with Crippen LogP contribution in [-0.4, -0.2) is 32.4 Å². The number of aromatic amines is 1. The lowest BCUT2D eigenvalue weighted by molar-refractivity contribution is -0.120. The number of hydrogen-bond acceptors (Lipinski definition) is 3. The molecule has 6 nitrogen and oxygen atoms in total. The van der Waals surface area contributed by atoms with Crippen molar-refractivity contribution in [2.24, 2.45) is 7.05 Å². The number of aryl methyl sites for hydroxylation is 1. The normalized spacial score (nSPS) is 14.7. The fourth-order valence-electron chi connectivity index (χ4n) is 3.06. The summed E-state index contributed by atoms with van der Waals surface area (Å²) in [7, 11) is 1.71. The number of carbonyl (C=O) groups is 1. The lowest BCUT2D eigenvalue weighted by Crippen LogP contribution is -2.24. The van der Waals surface area contributed by atoms with Crippen molar-refractivity contribution >= 4 is 28.4 Å². The minimum atomic E-state index is -0.511. The maximum Gasteiger partial charge on any atom is 0.224 e. The van der Waals surface area contributed by atoms with Gasteiger partial charge in [0.15, 0.2) is 5.82 Å². The molecule has 3 heterocycles. The summed E-state index contributed by atoms with van der Waals surface area (Å²) in [5, 5.41) is 11.8. The molecule has 4 rings (SSSR count). The summed E-state index contributed by atoms with van der Waals surface area (Å²) >= 11 is 6.04. The molecule has 1 aliphatic rings. The van der Waals surface area contributed by atoms with Gasteiger partial charge in [-0.25, -0.2) is 4.39 Å². The SMILES string of the molecule is Cn1ncc(-c2cc(Cl)c(F)c3[nH]c4c(c23)CC(=O)NCC4)n1. The van der Waals surface area contributed by atoms with Crippen molar-refractivity contribution in [1.29, 1.82) is 0 Å². The predicted octanol–water partition coefficient (Wildman–Crippen LogP) is 1.97. The van der Waals surface area contributed by atoms with Gasteiger partial charge in [-0.3, -0.25) is 4.79 Å². The summed E-state index contributed by atoms with van der Waals surface area (Å²) in [6, 6.07) is 1.54. The smallest absolute Gasteiger partial charge is 0.224 e. The van der Waals surface area contributed by atoms with E-state index in [2.05, 4.69) is 20.5 Å². The minimum Gasteiger partial charge on any atom is -0.356 e. The molecule has 2 aromatic heterocycles. The zero-order chi connectivity index (χ0) is 16.1. The fraction of sp³-hybridized carbons (Fsp3) is 0.267. The molecule has 1 aliphatic heterocycles. The van der Waals surface area contributed by atoms with E-state index < -0.39 is 5.82 Å². The van der Waals surface area contributed by atoms with Crippen molar-refractivity contribution in [2.45, 2.75) is 12.8 Å². The first-order valence-electron chi connectivity index (χ1n) is 7.19. The van der Waals surface area contributed by atoms with Crippen LogP contribution in [0.25, 0.3) is 22.2 Å². The Morgan fingerprint density at radius 3 is 3.00 bits per heavy atom. The number of halogens is 2. The first-order valence-corrected chi connectivity index (χ1v) is 7.57. The van der Waals surface area contributed by atoms with Crippen LogP contribution in [0.2, 0.25) is 5.02 Å². The summed E-state index contributed by atoms with van der Waals surface area (Å²) in [4.78, 5) is 16.4. The summed E-state index contributed by atoms with van der Waals surface area (Å²) in [5.41, 5.74) is 3.23. The number of nitrogens with one attached hydrogen (secondary N) is 2. The average molecular weight is 334 g/mol. The maximum absolute atomic E-state index is 14.5. The Hall–Kier alpha value is -2.41. The predicted molar refractivity (Wildman–Crippen MR) is 83.7 cm³/mol. The highest BCUT2D eigenvalue weighted by atomic mass is 35.5. The van der Waals surface area contributed by atoms with Crippen LogP contribution in [-0.2, 0) is 24.7 Å². The molecule has 118 valence electrons. The van der Waals surface area contributed by atoms with Gasteiger partial charge in [0.25, 0.3) is 0 Å². The van der Waals surface area contributed by atoms with E-state index in [1.165, 1.54) is 4.80 Å². The standard InChI is InChI=1S/C15H13ClFN5O/c1-22-19-6-11(21-22)7-4-9(16)14(17)15-13(7)8-5-12(23)18-3-2-10(8)20-15/h4,6,20H,2-3,5H2,1H3,(H,18,23). The lowest BCUT2D eigenvalue weighted by Gasteiger charge is -2.06. The quantitative estimate of drug-likeness (QED) is 0.715. The number of H-pyrrole nitrogens is 1. The average Bonchev–Trinajstić information content (AvgIpc) is 3.03. The highest BCUT2D eigenvalue weighted by molar-refractivity contribution is 6.32. The van der Waals surface area contributed by atoms with Crippen molar-refractivity contribution < 1.29 is 9.18 Å². The van der Waals surface area contributed by atoms with E-state index in [0.717, 1.165) is 11.3 Å². The molecule has 3 aromatic rings. The minimum absolute atomic E-state index is 0.0130. The Bertz CT molecular complexity index is 945. The van der Waals surface area contributed by atoms with Crippen LogP contribution >= 0.6 is 11.6 Å². The molecule has 0 saturated heterocycles. The Morgan fingerprint density at radius 2 is 2.26 bits per heavy atom. The van der Waals surface area contributed by atoms with Crippen molar-refractivity contribution in [2.75, 3.05) is 6.54 Å². The summed E-state index contributed by atoms with van der Waals surface area (Å²) in [6.07, 6.45) is 2.41. The van der Waals surface area contributed by atoms with Crippen LogP contribution in [0, 0.1) is 5.82 Å². The van der Waals surface area contributed by atoms with Gasteiger partial charge in [0.2, 0.25) is 5.91 Å². The number of rotatable bonds is 1. The first kappa shape index (κ1) is 14.2. The van der Waals surface area contributed by atoms with Gasteiger partial charge in [0.05, 0.1) is 23.2 Å². The third kappa shape index (κ3) is 2.19. The molecule has 0 radical (unpaired) electrons. The number of aromatic nitrogens is 4. The number of nitrogens with zero attached hydrogens (tertiary/aromatic N) is 3. The van der Waals surface area contributed by atoms with Gasteiger partial charge in [-0.2, -0.15) is 15.0 Å². The molecule has 0 bridgehead atoms. The topological polar surface area (TPSA) is 75.6 Å². The van der Waals surface area contributed by atoms with E-state index in [9.17, 15) is 9.18 Å². The van der Waals surface area contributed by atoms with Crippen LogP contribution < -0.4 is 5.32 Å². The Kier molecular flexibility index (Phi) is 3.12. The molecule has 23 heavy (non-hydrogen) atoms. The molecule has 0 spiro atoms. The molecule has 1 amide bonds. The molecule has 8 heteroatoms. The zero-order valence-electron chi connectivity index (χ0n) is 12.3. The van der Waals surface area contributed by atoms with Crippen molar-refractivity contribution in [3.63, 3.8) is 0 Å².